The average Bonchev–Trinajstić information content (AvgIpc) is 2.75. The Bertz CT molecular complexity index is 643. The van der Waals surface area contributed by atoms with Crippen molar-refractivity contribution in [1.29, 1.82) is 0 Å². The number of nitrogens with zero attached hydrogens (tertiary/aromatic N) is 1. The van der Waals surface area contributed by atoms with Crippen molar-refractivity contribution in [2.75, 3.05) is 19.6 Å². The molecule has 23 heavy (non-hydrogen) atoms. The Hall–Kier alpha value is -0.930. The zero-order chi connectivity index (χ0) is 17.4. The van der Waals surface area contributed by atoms with Crippen LogP contribution in [0.3, 0.4) is 0 Å². The first-order valence-corrected chi connectivity index (χ1v) is 9.15. The lowest BCUT2D eigenvalue weighted by Gasteiger charge is -2.35. The van der Waals surface area contributed by atoms with Gasteiger partial charge in [-0.05, 0) is 40.7 Å². The van der Waals surface area contributed by atoms with Gasteiger partial charge in [-0.15, -0.1) is 0 Å². The molecule has 0 amide bonds. The summed E-state index contributed by atoms with van der Waals surface area (Å²) in [5.74, 6) is 1.26. The number of rotatable bonds is 5. The van der Waals surface area contributed by atoms with Gasteiger partial charge >= 0.3 is 0 Å². The van der Waals surface area contributed by atoms with Crippen molar-refractivity contribution in [3.63, 3.8) is 0 Å². The van der Waals surface area contributed by atoms with Crippen LogP contribution in [0, 0.1) is 13.8 Å². The van der Waals surface area contributed by atoms with Gasteiger partial charge in [0.2, 0.25) is 0 Å². The van der Waals surface area contributed by atoms with Crippen LogP contribution < -0.4 is 4.72 Å². The van der Waals surface area contributed by atoms with E-state index in [1.165, 1.54) is 4.31 Å². The van der Waals surface area contributed by atoms with Gasteiger partial charge in [0.05, 0.1) is 12.2 Å². The molecule has 0 radical (unpaired) electrons. The van der Waals surface area contributed by atoms with Crippen molar-refractivity contribution in [3.8, 4) is 0 Å². The van der Waals surface area contributed by atoms with E-state index in [0.29, 0.717) is 30.2 Å². The average molecular weight is 346 g/mol. The first-order valence-electron chi connectivity index (χ1n) is 7.71. The van der Waals surface area contributed by atoms with Crippen molar-refractivity contribution in [3.05, 3.63) is 23.2 Å². The van der Waals surface area contributed by atoms with Crippen LogP contribution in [0.2, 0.25) is 0 Å². The van der Waals surface area contributed by atoms with E-state index in [4.69, 9.17) is 9.15 Å². The molecule has 0 spiro atoms. The van der Waals surface area contributed by atoms with Crippen LogP contribution >= 0.6 is 0 Å². The maximum Gasteiger partial charge on any atom is 0.279 e. The summed E-state index contributed by atoms with van der Waals surface area (Å²) < 4.78 is 39.8. The molecule has 1 saturated heterocycles. The van der Waals surface area contributed by atoms with Crippen LogP contribution in [-0.2, 0) is 20.5 Å². The number of aryl methyl sites for hydroxylation is 2. The van der Waals surface area contributed by atoms with Gasteiger partial charge in [0.15, 0.2) is 0 Å². The number of morpholine rings is 1. The second-order valence-electron chi connectivity index (χ2n) is 6.50. The van der Waals surface area contributed by atoms with Crippen LogP contribution in [0.15, 0.2) is 10.5 Å². The molecule has 3 unspecified atom stereocenters. The highest BCUT2D eigenvalue weighted by atomic mass is 32.2. The lowest BCUT2D eigenvalue weighted by atomic mass is 9.97. The number of hydrogen-bond donors (Lipinski definition) is 2. The Kier molecular flexibility index (Phi) is 5.22. The highest BCUT2D eigenvalue weighted by molar-refractivity contribution is 7.87. The summed E-state index contributed by atoms with van der Waals surface area (Å²) in [5.41, 5.74) is -0.764. The van der Waals surface area contributed by atoms with E-state index >= 15 is 0 Å². The summed E-state index contributed by atoms with van der Waals surface area (Å²) in [4.78, 5) is 0. The Morgan fingerprint density at radius 3 is 2.39 bits per heavy atom. The number of furan rings is 1. The van der Waals surface area contributed by atoms with E-state index < -0.39 is 15.8 Å². The molecule has 0 aromatic carbocycles. The zero-order valence-electron chi connectivity index (χ0n) is 14.3. The predicted octanol–water partition coefficient (Wildman–Crippen LogP) is 1.05. The zero-order valence-corrected chi connectivity index (χ0v) is 15.1. The Labute approximate surface area is 137 Å². The molecule has 1 aliphatic heterocycles. The van der Waals surface area contributed by atoms with Crippen molar-refractivity contribution in [2.24, 2.45) is 0 Å². The summed E-state index contributed by atoms with van der Waals surface area (Å²) in [7, 11) is -3.68. The molecule has 1 aromatic rings. The first kappa shape index (κ1) is 18.4. The summed E-state index contributed by atoms with van der Waals surface area (Å²) in [5, 5.41) is 10.6. The van der Waals surface area contributed by atoms with Crippen LogP contribution in [0.4, 0.5) is 0 Å². The van der Waals surface area contributed by atoms with E-state index in [2.05, 4.69) is 4.72 Å². The minimum Gasteiger partial charge on any atom is -0.466 e. The van der Waals surface area contributed by atoms with Gasteiger partial charge < -0.3 is 14.3 Å². The topological polar surface area (TPSA) is 92.0 Å². The molecule has 132 valence electrons. The standard InChI is InChI=1S/C15H26N2O5S/c1-10-6-14(13(4)22-10)15(5,18)9-16-23(19,20)17-7-11(2)21-12(3)8-17/h6,11-12,16,18H,7-9H2,1-5H3. The van der Waals surface area contributed by atoms with Gasteiger partial charge in [0.1, 0.15) is 17.1 Å². The fraction of sp³-hybridized carbons (Fsp3) is 0.733. The number of hydrogen-bond acceptors (Lipinski definition) is 5. The SMILES string of the molecule is Cc1cc(C(C)(O)CNS(=O)(=O)N2CC(C)OC(C)C2)c(C)o1. The monoisotopic (exact) mass is 346 g/mol. The minimum absolute atomic E-state index is 0.130. The van der Waals surface area contributed by atoms with Crippen LogP contribution in [0.5, 0.6) is 0 Å². The fourth-order valence-corrected chi connectivity index (χ4v) is 4.37. The molecular weight excluding hydrogens is 320 g/mol. The van der Waals surface area contributed by atoms with Crippen molar-refractivity contribution in [1.82, 2.24) is 9.03 Å². The second kappa shape index (κ2) is 6.52. The second-order valence-corrected chi connectivity index (χ2v) is 8.26. The lowest BCUT2D eigenvalue weighted by Crippen LogP contribution is -2.53. The van der Waals surface area contributed by atoms with Gasteiger partial charge in [-0.1, -0.05) is 0 Å². The molecule has 0 saturated carbocycles. The maximum atomic E-state index is 12.5. The Morgan fingerprint density at radius 1 is 1.35 bits per heavy atom. The van der Waals surface area contributed by atoms with E-state index in [1.54, 1.807) is 26.8 Å². The molecule has 1 fully saturated rings. The molecule has 7 nitrogen and oxygen atoms in total. The summed E-state index contributed by atoms with van der Waals surface area (Å²) in [6, 6.07) is 1.72. The van der Waals surface area contributed by atoms with Crippen LogP contribution in [-0.4, -0.2) is 49.7 Å². The van der Waals surface area contributed by atoms with E-state index in [9.17, 15) is 13.5 Å². The van der Waals surface area contributed by atoms with E-state index in [0.717, 1.165) is 0 Å². The van der Waals surface area contributed by atoms with Crippen molar-refractivity contribution >= 4 is 10.2 Å². The third-order valence-corrected chi connectivity index (χ3v) is 5.43. The molecule has 0 aliphatic carbocycles. The van der Waals surface area contributed by atoms with Gasteiger partial charge in [0.25, 0.3) is 10.2 Å². The highest BCUT2D eigenvalue weighted by Crippen LogP contribution is 2.26. The van der Waals surface area contributed by atoms with Crippen molar-refractivity contribution in [2.45, 2.75) is 52.4 Å². The maximum absolute atomic E-state index is 12.5. The van der Waals surface area contributed by atoms with Crippen molar-refractivity contribution < 1.29 is 22.7 Å². The van der Waals surface area contributed by atoms with Gasteiger partial charge in [-0.25, -0.2) is 0 Å². The largest absolute Gasteiger partial charge is 0.466 e. The third kappa shape index (κ3) is 4.33. The van der Waals surface area contributed by atoms with E-state index in [1.807, 2.05) is 13.8 Å². The van der Waals surface area contributed by atoms with E-state index in [-0.39, 0.29) is 18.8 Å². The van der Waals surface area contributed by atoms with Crippen LogP contribution in [0.1, 0.15) is 37.9 Å². The molecular formula is C15H26N2O5S. The minimum atomic E-state index is -3.68. The molecule has 0 bridgehead atoms. The summed E-state index contributed by atoms with van der Waals surface area (Å²) >= 11 is 0. The number of nitrogens with one attached hydrogen (secondary N) is 1. The normalized spacial score (nSPS) is 26.2. The molecule has 3 atom stereocenters. The van der Waals surface area contributed by atoms with Gasteiger partial charge in [-0.2, -0.15) is 17.4 Å². The molecule has 2 N–H and O–H groups in total. The molecule has 8 heteroatoms. The molecule has 1 aliphatic rings. The predicted molar refractivity (Wildman–Crippen MR) is 86.3 cm³/mol. The van der Waals surface area contributed by atoms with Gasteiger partial charge in [0, 0.05) is 25.2 Å². The fourth-order valence-electron chi connectivity index (χ4n) is 2.91. The molecule has 1 aromatic heterocycles. The molecule has 2 heterocycles. The molecule has 2 rings (SSSR count). The Balaban J connectivity index is 2.07. The van der Waals surface area contributed by atoms with Crippen LogP contribution in [0.25, 0.3) is 0 Å². The number of ether oxygens (including phenoxy) is 1. The third-order valence-electron chi connectivity index (χ3n) is 3.95. The first-order chi connectivity index (χ1) is 10.5. The summed E-state index contributed by atoms with van der Waals surface area (Å²) in [6.07, 6.45) is -0.316. The smallest absolute Gasteiger partial charge is 0.279 e. The Morgan fingerprint density at radius 2 is 1.91 bits per heavy atom. The lowest BCUT2D eigenvalue weighted by molar-refractivity contribution is -0.0445. The highest BCUT2D eigenvalue weighted by Gasteiger charge is 2.34. The quantitative estimate of drug-likeness (QED) is 0.831. The number of aliphatic hydroxyl groups is 1. The summed E-state index contributed by atoms with van der Waals surface area (Å²) in [6.45, 7) is 9.24. The van der Waals surface area contributed by atoms with Gasteiger partial charge in [-0.3, -0.25) is 0 Å².